The van der Waals surface area contributed by atoms with Crippen LogP contribution in [-0.4, -0.2) is 40.2 Å². The maximum atomic E-state index is 13.2. The van der Waals surface area contributed by atoms with Gasteiger partial charge in [0, 0.05) is 6.54 Å². The van der Waals surface area contributed by atoms with E-state index in [0.717, 1.165) is 25.5 Å². The zero-order valence-corrected chi connectivity index (χ0v) is 25.4. The lowest BCUT2D eigenvalue weighted by atomic mass is 10.1. The van der Waals surface area contributed by atoms with Crippen LogP contribution in [0.25, 0.3) is 16.8 Å². The van der Waals surface area contributed by atoms with E-state index < -0.39 is 5.97 Å². The molecule has 1 heterocycles. The molecule has 1 saturated heterocycles. The molecule has 41 heavy (non-hydrogen) atoms. The summed E-state index contributed by atoms with van der Waals surface area (Å²) >= 11 is 3.53. The molecule has 1 amide bonds. The molecule has 1 aliphatic heterocycles. The van der Waals surface area contributed by atoms with Crippen LogP contribution in [0, 0.1) is 3.57 Å². The predicted molar refractivity (Wildman–Crippen MR) is 172 cm³/mol. The van der Waals surface area contributed by atoms with Crippen LogP contribution in [0.5, 0.6) is 11.5 Å². The number of thioether (sulfide) groups is 1. The van der Waals surface area contributed by atoms with E-state index in [0.29, 0.717) is 47.0 Å². The van der Waals surface area contributed by atoms with E-state index >= 15 is 0 Å². The molecule has 7 nitrogen and oxygen atoms in total. The Bertz CT molecular complexity index is 1680. The van der Waals surface area contributed by atoms with Gasteiger partial charge < -0.3 is 14.6 Å². The van der Waals surface area contributed by atoms with Crippen LogP contribution in [0.1, 0.15) is 35.3 Å². The van der Waals surface area contributed by atoms with Crippen molar-refractivity contribution in [1.29, 1.82) is 0 Å². The molecule has 4 aromatic carbocycles. The van der Waals surface area contributed by atoms with Gasteiger partial charge in [-0.3, -0.25) is 9.69 Å². The van der Waals surface area contributed by atoms with Crippen LogP contribution in [0.4, 0.5) is 5.69 Å². The van der Waals surface area contributed by atoms with E-state index in [1.807, 2.05) is 50.3 Å². The number of halogens is 1. The average Bonchev–Trinajstić information content (AvgIpc) is 3.26. The summed E-state index contributed by atoms with van der Waals surface area (Å²) in [5.74, 6) is 0.139. The Morgan fingerprint density at radius 2 is 1.78 bits per heavy atom. The molecule has 4 aromatic rings. The number of carboxylic acids is 1. The minimum absolute atomic E-state index is 0.136. The van der Waals surface area contributed by atoms with Crippen LogP contribution in [0.2, 0.25) is 0 Å². The molecule has 1 N–H and O–H groups in total. The number of benzene rings is 4. The van der Waals surface area contributed by atoms with Gasteiger partial charge in [-0.15, -0.1) is 0 Å². The minimum Gasteiger partial charge on any atom is -0.490 e. The van der Waals surface area contributed by atoms with Crippen molar-refractivity contribution >= 4 is 73.9 Å². The van der Waals surface area contributed by atoms with Gasteiger partial charge in [0.2, 0.25) is 0 Å². The van der Waals surface area contributed by atoms with Crippen molar-refractivity contribution in [3.63, 3.8) is 0 Å². The van der Waals surface area contributed by atoms with E-state index in [9.17, 15) is 9.59 Å². The second-order valence-electron chi connectivity index (χ2n) is 9.10. The first kappa shape index (κ1) is 28.7. The molecule has 0 unspecified atom stereocenters. The van der Waals surface area contributed by atoms with Crippen LogP contribution < -0.4 is 9.47 Å². The number of ether oxygens (including phenoxy) is 2. The Morgan fingerprint density at radius 1 is 1.02 bits per heavy atom. The summed E-state index contributed by atoms with van der Waals surface area (Å²) in [6.45, 7) is 5.13. The second-order valence-corrected chi connectivity index (χ2v) is 11.3. The van der Waals surface area contributed by atoms with Crippen molar-refractivity contribution in [2.45, 2.75) is 20.5 Å². The van der Waals surface area contributed by atoms with Gasteiger partial charge in [0.1, 0.15) is 6.61 Å². The third-order valence-corrected chi connectivity index (χ3v) is 8.23. The van der Waals surface area contributed by atoms with Crippen LogP contribution in [-0.2, 0) is 11.4 Å². The molecule has 0 aliphatic carbocycles. The largest absolute Gasteiger partial charge is 0.490 e. The number of nitrogens with zero attached hydrogens (tertiary/aromatic N) is 2. The first-order valence-electron chi connectivity index (χ1n) is 13.1. The Kier molecular flexibility index (Phi) is 8.94. The van der Waals surface area contributed by atoms with Crippen molar-refractivity contribution in [2.24, 2.45) is 4.99 Å². The average molecular weight is 679 g/mol. The fourth-order valence-corrected chi connectivity index (χ4v) is 6.30. The van der Waals surface area contributed by atoms with Gasteiger partial charge in [0.25, 0.3) is 5.91 Å². The van der Waals surface area contributed by atoms with Crippen molar-refractivity contribution in [3.05, 3.63) is 104 Å². The number of carbonyl (C=O) groups is 2. The first-order valence-corrected chi connectivity index (χ1v) is 15.0. The lowest BCUT2D eigenvalue weighted by Gasteiger charge is -2.16. The number of rotatable bonds is 9. The Balaban J connectivity index is 1.41. The number of amidine groups is 1. The summed E-state index contributed by atoms with van der Waals surface area (Å²) in [6.07, 6.45) is 1.84. The minimum atomic E-state index is -0.999. The molecule has 5 rings (SSSR count). The lowest BCUT2D eigenvalue weighted by molar-refractivity contribution is -0.122. The molecule has 0 radical (unpaired) electrons. The molecular weight excluding hydrogens is 651 g/mol. The highest BCUT2D eigenvalue weighted by atomic mass is 127. The SMILES string of the molecule is CCOc1cc(/C=C2\SC(=Nc3ccc(C(=O)O)cc3)N(CC)C2=O)cc(I)c1OCc1cccc2ccccc12. The number of carboxylic acid groups (broad SMARTS) is 1. The number of amides is 1. The third kappa shape index (κ3) is 6.41. The van der Waals surface area contributed by atoms with Crippen molar-refractivity contribution in [2.75, 3.05) is 13.2 Å². The Hall–Kier alpha value is -3.83. The zero-order valence-electron chi connectivity index (χ0n) is 22.5. The van der Waals surface area contributed by atoms with Crippen molar-refractivity contribution in [3.8, 4) is 11.5 Å². The molecule has 1 aliphatic rings. The van der Waals surface area contributed by atoms with E-state index in [4.69, 9.17) is 14.6 Å². The highest BCUT2D eigenvalue weighted by molar-refractivity contribution is 14.1. The number of aromatic carboxylic acids is 1. The normalized spacial score (nSPS) is 15.2. The number of fused-ring (bicyclic) bond motifs is 1. The first-order chi connectivity index (χ1) is 19.9. The Morgan fingerprint density at radius 3 is 2.51 bits per heavy atom. The molecular formula is C32H27IN2O5S. The monoisotopic (exact) mass is 678 g/mol. The van der Waals surface area contributed by atoms with Gasteiger partial charge in [0.15, 0.2) is 16.7 Å². The highest BCUT2D eigenvalue weighted by Gasteiger charge is 2.32. The number of hydrogen-bond acceptors (Lipinski definition) is 6. The van der Waals surface area contributed by atoms with E-state index in [1.54, 1.807) is 17.0 Å². The Labute approximate surface area is 256 Å². The summed E-state index contributed by atoms with van der Waals surface area (Å²) in [5, 5.41) is 12.0. The summed E-state index contributed by atoms with van der Waals surface area (Å²) in [4.78, 5) is 31.1. The molecule has 1 fully saturated rings. The maximum absolute atomic E-state index is 13.2. The number of likely N-dealkylation sites (N-methyl/N-ethyl adjacent to an activating group) is 1. The summed E-state index contributed by atoms with van der Waals surface area (Å²) in [5.41, 5.74) is 2.66. The van der Waals surface area contributed by atoms with E-state index in [2.05, 4.69) is 51.8 Å². The fraction of sp³-hybridized carbons (Fsp3) is 0.156. The number of aliphatic imine (C=N–C) groups is 1. The smallest absolute Gasteiger partial charge is 0.335 e. The molecule has 0 atom stereocenters. The molecule has 9 heteroatoms. The standard InChI is InChI=1S/C32H27IN2O5S/c1-3-35-30(36)28(41-32(35)34-24-14-12-22(13-15-24)31(37)38)18-20-16-26(33)29(27(17-20)39-4-2)40-19-23-10-7-9-21-8-5-6-11-25(21)23/h5-18H,3-4,19H2,1-2H3,(H,37,38)/b28-18-,34-32?. The molecule has 0 bridgehead atoms. The van der Waals surface area contributed by atoms with Crippen molar-refractivity contribution in [1.82, 2.24) is 4.90 Å². The lowest BCUT2D eigenvalue weighted by Crippen LogP contribution is -2.28. The zero-order chi connectivity index (χ0) is 28.9. The van der Waals surface area contributed by atoms with Crippen molar-refractivity contribution < 1.29 is 24.2 Å². The highest BCUT2D eigenvalue weighted by Crippen LogP contribution is 2.38. The van der Waals surface area contributed by atoms with Gasteiger partial charge in [-0.2, -0.15) is 0 Å². The molecule has 0 saturated carbocycles. The maximum Gasteiger partial charge on any atom is 0.335 e. The number of hydrogen-bond donors (Lipinski definition) is 1. The van der Waals surface area contributed by atoms with E-state index in [1.165, 1.54) is 23.9 Å². The van der Waals surface area contributed by atoms with Gasteiger partial charge >= 0.3 is 5.97 Å². The third-order valence-electron chi connectivity index (χ3n) is 6.42. The summed E-state index contributed by atoms with van der Waals surface area (Å²) in [6, 6.07) is 24.5. The van der Waals surface area contributed by atoms with E-state index in [-0.39, 0.29) is 11.5 Å². The number of carbonyl (C=O) groups excluding carboxylic acids is 1. The molecule has 0 aromatic heterocycles. The quantitative estimate of drug-likeness (QED) is 0.144. The summed E-state index contributed by atoms with van der Waals surface area (Å²) in [7, 11) is 0. The topological polar surface area (TPSA) is 88.4 Å². The fourth-order valence-electron chi connectivity index (χ4n) is 4.45. The predicted octanol–water partition coefficient (Wildman–Crippen LogP) is 7.74. The molecule has 0 spiro atoms. The second kappa shape index (κ2) is 12.8. The van der Waals surface area contributed by atoms with Crippen LogP contribution in [0.3, 0.4) is 0 Å². The van der Waals surface area contributed by atoms with Gasteiger partial charge in [-0.25, -0.2) is 9.79 Å². The summed E-state index contributed by atoms with van der Waals surface area (Å²) < 4.78 is 13.2. The van der Waals surface area contributed by atoms with Crippen LogP contribution >= 0.6 is 34.4 Å². The van der Waals surface area contributed by atoms with Gasteiger partial charge in [-0.05, 0) is 113 Å². The molecule has 208 valence electrons. The van der Waals surface area contributed by atoms with Gasteiger partial charge in [-0.1, -0.05) is 42.5 Å². The van der Waals surface area contributed by atoms with Crippen LogP contribution in [0.15, 0.2) is 88.8 Å². The van der Waals surface area contributed by atoms with Gasteiger partial charge in [0.05, 0.1) is 26.3 Å².